The topological polar surface area (TPSA) is 47.0 Å². The normalized spacial score (nSPS) is 15.5. The van der Waals surface area contributed by atoms with Crippen molar-refractivity contribution in [3.8, 4) is 5.88 Å². The van der Waals surface area contributed by atoms with Gasteiger partial charge in [-0.25, -0.2) is 9.97 Å². The molecule has 0 aromatic carbocycles. The van der Waals surface area contributed by atoms with E-state index in [2.05, 4.69) is 21.4 Å². The number of thioether (sulfide) groups is 1. The molecule has 0 saturated carbocycles. The fraction of sp³-hybridized carbons (Fsp3) is 0.467. The van der Waals surface area contributed by atoms with E-state index in [-0.39, 0.29) is 0 Å². The highest BCUT2D eigenvalue weighted by atomic mass is 32.2. The van der Waals surface area contributed by atoms with Crippen molar-refractivity contribution in [2.75, 3.05) is 19.9 Å². The molecule has 3 heterocycles. The average Bonchev–Trinajstić information content (AvgIpc) is 2.96. The number of aryl methyl sites for hydroxylation is 1. The zero-order chi connectivity index (χ0) is 14.7. The Morgan fingerprint density at radius 2 is 2.29 bits per heavy atom. The van der Waals surface area contributed by atoms with Gasteiger partial charge in [-0.2, -0.15) is 11.8 Å². The highest BCUT2D eigenvalue weighted by Gasteiger charge is 2.19. The van der Waals surface area contributed by atoms with Crippen LogP contribution in [-0.4, -0.2) is 29.9 Å². The van der Waals surface area contributed by atoms with Gasteiger partial charge in [0.25, 0.3) is 0 Å². The zero-order valence-corrected chi connectivity index (χ0v) is 13.9. The van der Waals surface area contributed by atoms with Gasteiger partial charge in [0.1, 0.15) is 6.33 Å². The molecule has 0 amide bonds. The van der Waals surface area contributed by atoms with Crippen LogP contribution in [0.2, 0.25) is 0 Å². The molecular weight excluding hydrogens is 302 g/mol. The molecule has 1 N–H and O–H groups in total. The summed E-state index contributed by atoms with van der Waals surface area (Å²) in [5.74, 6) is 3.03. The van der Waals surface area contributed by atoms with Crippen molar-refractivity contribution >= 4 is 23.1 Å². The molecule has 1 unspecified atom stereocenters. The Bertz CT molecular complexity index is 591. The molecule has 0 bridgehead atoms. The molecule has 0 aliphatic carbocycles. The molecule has 0 radical (unpaired) electrons. The minimum atomic E-state index is 0.296. The maximum absolute atomic E-state index is 5.17. The van der Waals surface area contributed by atoms with Crippen molar-refractivity contribution < 1.29 is 4.74 Å². The summed E-state index contributed by atoms with van der Waals surface area (Å²) in [4.78, 5) is 11.4. The predicted octanol–water partition coefficient (Wildman–Crippen LogP) is 2.84. The van der Waals surface area contributed by atoms with Crippen LogP contribution in [0.1, 0.15) is 27.1 Å². The second kappa shape index (κ2) is 6.77. The van der Waals surface area contributed by atoms with Crippen LogP contribution in [0.4, 0.5) is 0 Å². The van der Waals surface area contributed by atoms with Crippen LogP contribution < -0.4 is 10.1 Å². The number of ether oxygens (including phenoxy) is 1. The molecular formula is C15H19N3OS2. The minimum absolute atomic E-state index is 0.296. The first-order valence-corrected chi connectivity index (χ1v) is 8.98. The Kier molecular flexibility index (Phi) is 4.77. The van der Waals surface area contributed by atoms with Gasteiger partial charge in [0, 0.05) is 39.7 Å². The van der Waals surface area contributed by atoms with Crippen LogP contribution >= 0.6 is 23.1 Å². The summed E-state index contributed by atoms with van der Waals surface area (Å²) in [5.41, 5.74) is 2.52. The van der Waals surface area contributed by atoms with E-state index in [1.807, 2.05) is 36.2 Å². The van der Waals surface area contributed by atoms with Crippen LogP contribution in [-0.2, 0) is 18.6 Å². The third-order valence-corrected chi connectivity index (χ3v) is 6.02. The lowest BCUT2D eigenvalue weighted by Crippen LogP contribution is -2.18. The molecule has 6 heteroatoms. The molecule has 0 saturated heterocycles. The van der Waals surface area contributed by atoms with Gasteiger partial charge in [-0.3, -0.25) is 0 Å². The molecule has 0 spiro atoms. The number of likely N-dealkylation sites (N-methyl/N-ethyl adjacent to an activating group) is 1. The summed E-state index contributed by atoms with van der Waals surface area (Å²) in [6, 6.07) is 4.57. The molecule has 112 valence electrons. The molecule has 3 rings (SSSR count). The van der Waals surface area contributed by atoms with Crippen molar-refractivity contribution in [1.82, 2.24) is 15.3 Å². The lowest BCUT2D eigenvalue weighted by Gasteiger charge is -2.14. The van der Waals surface area contributed by atoms with Crippen LogP contribution in [0.5, 0.6) is 5.88 Å². The summed E-state index contributed by atoms with van der Waals surface area (Å²) >= 11 is 3.98. The van der Waals surface area contributed by atoms with Crippen LogP contribution in [0.15, 0.2) is 18.5 Å². The fourth-order valence-electron chi connectivity index (χ4n) is 2.50. The number of hydrogen-bond donors (Lipinski definition) is 1. The van der Waals surface area contributed by atoms with Gasteiger partial charge in [0.15, 0.2) is 0 Å². The summed E-state index contributed by atoms with van der Waals surface area (Å²) in [6.45, 7) is 0. The fourth-order valence-corrected chi connectivity index (χ4v) is 4.98. The number of fused-ring (bicyclic) bond motifs is 1. The van der Waals surface area contributed by atoms with E-state index in [1.165, 1.54) is 22.6 Å². The zero-order valence-electron chi connectivity index (χ0n) is 12.3. The smallest absolute Gasteiger partial charge is 0.216 e. The Morgan fingerprint density at radius 3 is 3.05 bits per heavy atom. The Balaban J connectivity index is 1.79. The highest BCUT2D eigenvalue weighted by molar-refractivity contribution is 7.98. The van der Waals surface area contributed by atoms with Gasteiger partial charge in [-0.1, -0.05) is 0 Å². The van der Waals surface area contributed by atoms with Crippen molar-refractivity contribution in [3.63, 3.8) is 0 Å². The van der Waals surface area contributed by atoms with Gasteiger partial charge >= 0.3 is 0 Å². The Morgan fingerprint density at radius 1 is 1.38 bits per heavy atom. The van der Waals surface area contributed by atoms with E-state index in [1.54, 1.807) is 18.3 Å². The van der Waals surface area contributed by atoms with E-state index in [9.17, 15) is 0 Å². The number of thiophene rings is 1. The largest absolute Gasteiger partial charge is 0.481 e. The third kappa shape index (κ3) is 3.39. The van der Waals surface area contributed by atoms with Crippen LogP contribution in [0.25, 0.3) is 0 Å². The Labute approximate surface area is 133 Å². The van der Waals surface area contributed by atoms with Crippen molar-refractivity contribution in [2.24, 2.45) is 0 Å². The van der Waals surface area contributed by atoms with Gasteiger partial charge in [0.2, 0.25) is 5.88 Å². The van der Waals surface area contributed by atoms with E-state index < -0.39 is 0 Å². The lowest BCUT2D eigenvalue weighted by molar-refractivity contribution is 0.395. The molecule has 4 nitrogen and oxygen atoms in total. The van der Waals surface area contributed by atoms with E-state index in [4.69, 9.17) is 4.74 Å². The second-order valence-corrected chi connectivity index (χ2v) is 7.27. The monoisotopic (exact) mass is 321 g/mol. The second-order valence-electron chi connectivity index (χ2n) is 5.00. The highest BCUT2D eigenvalue weighted by Crippen LogP contribution is 2.35. The van der Waals surface area contributed by atoms with Crippen LogP contribution in [0.3, 0.4) is 0 Å². The van der Waals surface area contributed by atoms with Gasteiger partial charge in [-0.15, -0.1) is 11.3 Å². The third-order valence-electron chi connectivity index (χ3n) is 3.66. The Hall–Kier alpha value is -1.11. The maximum Gasteiger partial charge on any atom is 0.216 e. The summed E-state index contributed by atoms with van der Waals surface area (Å²) < 4.78 is 5.17. The van der Waals surface area contributed by atoms with Crippen molar-refractivity contribution in [3.05, 3.63) is 39.5 Å². The molecule has 0 fully saturated rings. The van der Waals surface area contributed by atoms with Crippen LogP contribution in [0, 0.1) is 0 Å². The maximum atomic E-state index is 5.17. The van der Waals surface area contributed by atoms with E-state index in [0.29, 0.717) is 11.9 Å². The van der Waals surface area contributed by atoms with Gasteiger partial charge in [-0.05, 0) is 30.9 Å². The number of nitrogens with one attached hydrogen (secondary N) is 1. The van der Waals surface area contributed by atoms with Gasteiger partial charge in [0.05, 0.1) is 7.11 Å². The summed E-state index contributed by atoms with van der Waals surface area (Å²) in [7, 11) is 3.64. The average molecular weight is 321 g/mol. The molecule has 1 atom stereocenters. The number of hydrogen-bond acceptors (Lipinski definition) is 6. The van der Waals surface area contributed by atoms with E-state index in [0.717, 1.165) is 17.9 Å². The number of methoxy groups -OCH3 is 1. The van der Waals surface area contributed by atoms with Gasteiger partial charge < -0.3 is 10.1 Å². The molecule has 1 aliphatic rings. The number of aromatic nitrogens is 2. The first-order chi connectivity index (χ1) is 10.3. The first-order valence-electron chi connectivity index (χ1n) is 7.01. The SMILES string of the molecule is CNC(Cc1cc(OC)ncn1)c1cc2c(s1)CCSC2. The molecule has 2 aromatic heterocycles. The van der Waals surface area contributed by atoms with Crippen molar-refractivity contribution in [2.45, 2.75) is 24.6 Å². The summed E-state index contributed by atoms with van der Waals surface area (Å²) in [6.07, 6.45) is 3.63. The molecule has 21 heavy (non-hydrogen) atoms. The standard InChI is InChI=1S/C15H19N3OS2/c1-16-12(6-11-7-15(19-2)18-9-17-11)14-5-10-8-20-4-3-13(10)21-14/h5,7,9,12,16H,3-4,6,8H2,1-2H3. The summed E-state index contributed by atoms with van der Waals surface area (Å²) in [5, 5.41) is 3.42. The van der Waals surface area contributed by atoms with E-state index >= 15 is 0 Å². The molecule has 2 aromatic rings. The van der Waals surface area contributed by atoms with Crippen molar-refractivity contribution in [1.29, 1.82) is 0 Å². The molecule has 1 aliphatic heterocycles. The first kappa shape index (κ1) is 14.8. The number of nitrogens with zero attached hydrogens (tertiary/aromatic N) is 2. The quantitative estimate of drug-likeness (QED) is 0.917. The predicted molar refractivity (Wildman–Crippen MR) is 88.3 cm³/mol. The number of rotatable bonds is 5. The minimum Gasteiger partial charge on any atom is -0.481 e. The lowest BCUT2D eigenvalue weighted by atomic mass is 10.1.